The van der Waals surface area contributed by atoms with E-state index >= 15 is 0 Å². The first-order valence-corrected chi connectivity index (χ1v) is 24.1. The Balaban J connectivity index is 3.05. The van der Waals surface area contributed by atoms with Gasteiger partial charge in [-0.15, -0.1) is 0 Å². The Morgan fingerprint density at radius 1 is 0.216 bits per heavy atom. The van der Waals surface area contributed by atoms with Crippen LogP contribution in [0.15, 0.2) is 0 Å². The molecule has 0 fully saturated rings. The van der Waals surface area contributed by atoms with Crippen LogP contribution >= 0.6 is 0 Å². The summed E-state index contributed by atoms with van der Waals surface area (Å²) in [5.41, 5.74) is 0. The molecular formula is C48H96O3. The lowest BCUT2D eigenvalue weighted by Crippen LogP contribution is -1.93. The smallest absolute Gasteiger partial charge is 0.303 e. The number of rotatable bonds is 47. The molecule has 0 spiro atoms. The van der Waals surface area contributed by atoms with E-state index in [0.29, 0.717) is 13.0 Å². The van der Waals surface area contributed by atoms with Crippen molar-refractivity contribution in [1.82, 2.24) is 0 Å². The standard InChI is InChI=1S/C48H96O3/c49-47-45-43-41-39-37-35-33-31-29-27-25-23-21-19-17-15-13-11-9-7-5-3-1-2-4-6-8-10-12-14-16-18-20-22-24-26-28-30-32-34-36-38-40-42-44-46-48(50)51/h49H,1-47H2,(H,50,51). The summed E-state index contributed by atoms with van der Waals surface area (Å²) in [6.07, 6.45) is 63.5. The third-order valence-electron chi connectivity index (χ3n) is 11.5. The maximum absolute atomic E-state index is 10.5. The molecule has 0 saturated heterocycles. The molecule has 306 valence electrons. The molecule has 2 N–H and O–H groups in total. The second kappa shape index (κ2) is 47.5. The minimum absolute atomic E-state index is 0.345. The first kappa shape index (κ1) is 50.4. The molecule has 0 atom stereocenters. The van der Waals surface area contributed by atoms with E-state index in [4.69, 9.17) is 10.2 Å². The summed E-state index contributed by atoms with van der Waals surface area (Å²) in [4.78, 5) is 10.5. The molecule has 3 heteroatoms. The van der Waals surface area contributed by atoms with Crippen molar-refractivity contribution in [3.05, 3.63) is 0 Å². The molecule has 0 aromatic carbocycles. The zero-order valence-corrected chi connectivity index (χ0v) is 35.0. The van der Waals surface area contributed by atoms with Gasteiger partial charge in [0.25, 0.3) is 0 Å². The van der Waals surface area contributed by atoms with Crippen LogP contribution in [0.2, 0.25) is 0 Å². The minimum atomic E-state index is -0.648. The van der Waals surface area contributed by atoms with Crippen molar-refractivity contribution < 1.29 is 15.0 Å². The normalized spacial score (nSPS) is 11.5. The molecule has 0 aliphatic carbocycles. The molecule has 0 radical (unpaired) electrons. The largest absolute Gasteiger partial charge is 0.481 e. The van der Waals surface area contributed by atoms with Gasteiger partial charge in [-0.05, 0) is 12.8 Å². The van der Waals surface area contributed by atoms with Gasteiger partial charge in [-0.2, -0.15) is 0 Å². The molecule has 0 amide bonds. The molecule has 0 unspecified atom stereocenters. The van der Waals surface area contributed by atoms with Gasteiger partial charge in [-0.3, -0.25) is 4.79 Å². The SMILES string of the molecule is O=C(O)CCCCCCCCCCCCCCCCCCCCCCCCCCCCCCCCCCCCCCCCCCCCCCCO. The summed E-state index contributed by atoms with van der Waals surface area (Å²) in [6, 6.07) is 0. The number of carboxylic acid groups (broad SMARTS) is 1. The molecule has 0 aromatic rings. The van der Waals surface area contributed by atoms with Gasteiger partial charge in [0.1, 0.15) is 0 Å². The van der Waals surface area contributed by atoms with E-state index in [1.807, 2.05) is 0 Å². The van der Waals surface area contributed by atoms with E-state index in [1.165, 1.54) is 270 Å². The summed E-state index contributed by atoms with van der Waals surface area (Å²) in [5.74, 6) is -0.648. The lowest BCUT2D eigenvalue weighted by Gasteiger charge is -2.05. The number of aliphatic hydroxyl groups is 1. The highest BCUT2D eigenvalue weighted by atomic mass is 16.4. The second-order valence-electron chi connectivity index (χ2n) is 16.8. The van der Waals surface area contributed by atoms with Crippen LogP contribution in [0.3, 0.4) is 0 Å². The van der Waals surface area contributed by atoms with Crippen LogP contribution < -0.4 is 0 Å². The summed E-state index contributed by atoms with van der Waals surface area (Å²) < 4.78 is 0. The lowest BCUT2D eigenvalue weighted by atomic mass is 10.0. The van der Waals surface area contributed by atoms with Crippen LogP contribution in [0.25, 0.3) is 0 Å². The molecular weight excluding hydrogens is 625 g/mol. The highest BCUT2D eigenvalue weighted by Crippen LogP contribution is 2.18. The average molecular weight is 721 g/mol. The topological polar surface area (TPSA) is 57.5 Å². The maximum atomic E-state index is 10.5. The Labute approximate surface area is 322 Å². The van der Waals surface area contributed by atoms with Crippen LogP contribution in [0.4, 0.5) is 0 Å². The van der Waals surface area contributed by atoms with Crippen molar-refractivity contribution in [2.24, 2.45) is 0 Å². The van der Waals surface area contributed by atoms with Crippen molar-refractivity contribution >= 4 is 5.97 Å². The van der Waals surface area contributed by atoms with Gasteiger partial charge >= 0.3 is 5.97 Å². The molecule has 0 aliphatic heterocycles. The predicted octanol–water partition coefficient (Wildman–Crippen LogP) is 17.0. The fourth-order valence-corrected chi connectivity index (χ4v) is 7.99. The molecule has 0 aromatic heterocycles. The zero-order valence-electron chi connectivity index (χ0n) is 35.0. The third kappa shape index (κ3) is 49.4. The molecule has 0 heterocycles. The molecule has 51 heavy (non-hydrogen) atoms. The van der Waals surface area contributed by atoms with Gasteiger partial charge in [0, 0.05) is 13.0 Å². The molecule has 0 rings (SSSR count). The maximum Gasteiger partial charge on any atom is 0.303 e. The second-order valence-corrected chi connectivity index (χ2v) is 16.8. The molecule has 0 bridgehead atoms. The first-order valence-electron chi connectivity index (χ1n) is 24.1. The Bertz CT molecular complexity index is 620. The first-order chi connectivity index (χ1) is 25.3. The van der Waals surface area contributed by atoms with E-state index in [0.717, 1.165) is 19.3 Å². The van der Waals surface area contributed by atoms with E-state index < -0.39 is 5.97 Å². The fourth-order valence-electron chi connectivity index (χ4n) is 7.99. The van der Waals surface area contributed by atoms with E-state index in [-0.39, 0.29) is 0 Å². The van der Waals surface area contributed by atoms with Crippen molar-refractivity contribution in [1.29, 1.82) is 0 Å². The third-order valence-corrected chi connectivity index (χ3v) is 11.5. The fraction of sp³-hybridized carbons (Fsp3) is 0.979. The van der Waals surface area contributed by atoms with Crippen LogP contribution in [0.5, 0.6) is 0 Å². The number of unbranched alkanes of at least 4 members (excludes halogenated alkanes) is 44. The van der Waals surface area contributed by atoms with Crippen molar-refractivity contribution in [3.63, 3.8) is 0 Å². The van der Waals surface area contributed by atoms with E-state index in [1.54, 1.807) is 0 Å². The van der Waals surface area contributed by atoms with Crippen molar-refractivity contribution in [2.75, 3.05) is 6.61 Å². The van der Waals surface area contributed by atoms with Crippen molar-refractivity contribution in [2.45, 2.75) is 295 Å². The van der Waals surface area contributed by atoms with Gasteiger partial charge in [0.2, 0.25) is 0 Å². The number of aliphatic hydroxyl groups excluding tert-OH is 1. The van der Waals surface area contributed by atoms with Gasteiger partial charge in [-0.1, -0.05) is 276 Å². The Morgan fingerprint density at radius 3 is 0.451 bits per heavy atom. The predicted molar refractivity (Wildman–Crippen MR) is 227 cm³/mol. The van der Waals surface area contributed by atoms with Crippen LogP contribution in [-0.2, 0) is 4.79 Å². The van der Waals surface area contributed by atoms with Crippen LogP contribution in [0.1, 0.15) is 295 Å². The monoisotopic (exact) mass is 721 g/mol. The molecule has 0 saturated carbocycles. The van der Waals surface area contributed by atoms with Gasteiger partial charge in [0.15, 0.2) is 0 Å². The molecule has 3 nitrogen and oxygen atoms in total. The van der Waals surface area contributed by atoms with Crippen molar-refractivity contribution in [3.8, 4) is 0 Å². The summed E-state index contributed by atoms with van der Waals surface area (Å²) in [6.45, 7) is 0.371. The lowest BCUT2D eigenvalue weighted by molar-refractivity contribution is -0.137. The Kier molecular flexibility index (Phi) is 46.9. The summed E-state index contributed by atoms with van der Waals surface area (Å²) >= 11 is 0. The van der Waals surface area contributed by atoms with E-state index in [2.05, 4.69) is 0 Å². The zero-order chi connectivity index (χ0) is 36.8. The summed E-state index contributed by atoms with van der Waals surface area (Å²) in [7, 11) is 0. The minimum Gasteiger partial charge on any atom is -0.481 e. The summed E-state index contributed by atoms with van der Waals surface area (Å²) in [5, 5.41) is 17.5. The van der Waals surface area contributed by atoms with E-state index in [9.17, 15) is 4.79 Å². The number of carboxylic acids is 1. The average Bonchev–Trinajstić information content (AvgIpc) is 3.13. The van der Waals surface area contributed by atoms with Gasteiger partial charge in [0.05, 0.1) is 0 Å². The highest BCUT2D eigenvalue weighted by molar-refractivity contribution is 5.66. The van der Waals surface area contributed by atoms with Crippen LogP contribution in [0, 0.1) is 0 Å². The van der Waals surface area contributed by atoms with Gasteiger partial charge in [-0.25, -0.2) is 0 Å². The van der Waals surface area contributed by atoms with Crippen LogP contribution in [-0.4, -0.2) is 22.8 Å². The quantitative estimate of drug-likeness (QED) is 0.0615. The number of hydrogen-bond donors (Lipinski definition) is 2. The number of aliphatic carboxylic acids is 1. The van der Waals surface area contributed by atoms with Gasteiger partial charge < -0.3 is 10.2 Å². The highest BCUT2D eigenvalue weighted by Gasteiger charge is 1.99. The Hall–Kier alpha value is -0.570. The number of hydrogen-bond acceptors (Lipinski definition) is 2. The Morgan fingerprint density at radius 2 is 0.333 bits per heavy atom. The molecule has 0 aliphatic rings. The number of carbonyl (C=O) groups is 1.